The second-order valence-electron chi connectivity index (χ2n) is 7.10. The molecule has 0 radical (unpaired) electrons. The van der Waals surface area contributed by atoms with Crippen molar-refractivity contribution >= 4 is 5.97 Å². The zero-order valence-electron chi connectivity index (χ0n) is 15.9. The summed E-state index contributed by atoms with van der Waals surface area (Å²) in [5, 5.41) is 20.0. The Morgan fingerprint density at radius 1 is 0.964 bits per heavy atom. The molecule has 2 aliphatic rings. The third kappa shape index (κ3) is 2.69. The Bertz CT molecular complexity index is 912. The molecule has 2 aromatic rings. The number of methoxy groups -OCH3 is 3. The summed E-state index contributed by atoms with van der Waals surface area (Å²) >= 11 is 0. The Kier molecular flexibility index (Phi) is 4.45. The van der Waals surface area contributed by atoms with Gasteiger partial charge in [-0.05, 0) is 47.4 Å². The molecule has 0 amide bonds. The van der Waals surface area contributed by atoms with Crippen LogP contribution < -0.4 is 14.2 Å². The molecule has 0 aromatic heterocycles. The van der Waals surface area contributed by atoms with Crippen LogP contribution in [0.5, 0.6) is 28.7 Å². The van der Waals surface area contributed by atoms with E-state index in [-0.39, 0.29) is 35.2 Å². The van der Waals surface area contributed by atoms with Gasteiger partial charge in [-0.3, -0.25) is 4.79 Å². The highest BCUT2D eigenvalue weighted by atomic mass is 16.5. The van der Waals surface area contributed by atoms with Gasteiger partial charge in [0.25, 0.3) is 0 Å². The molecular weight excluding hydrogens is 364 g/mol. The van der Waals surface area contributed by atoms with Crippen LogP contribution in [-0.4, -0.2) is 44.1 Å². The average Bonchev–Trinajstić information content (AvgIpc) is 3.06. The second-order valence-corrected chi connectivity index (χ2v) is 7.10. The van der Waals surface area contributed by atoms with Gasteiger partial charge in [0.1, 0.15) is 0 Å². The third-order valence-corrected chi connectivity index (χ3v) is 5.68. The van der Waals surface area contributed by atoms with Gasteiger partial charge >= 0.3 is 5.97 Å². The summed E-state index contributed by atoms with van der Waals surface area (Å²) in [5.41, 5.74) is 2.45. The lowest BCUT2D eigenvalue weighted by Gasteiger charge is -2.34. The number of benzene rings is 2. The Hall–Kier alpha value is -3.09. The maximum absolute atomic E-state index is 12.6. The fourth-order valence-corrected chi connectivity index (χ4v) is 4.42. The number of ether oxygens (including phenoxy) is 4. The number of hydrogen-bond acceptors (Lipinski definition) is 7. The molecular formula is C21H22O7. The average molecular weight is 386 g/mol. The lowest BCUT2D eigenvalue weighted by molar-refractivity contribution is -0.141. The molecule has 0 spiro atoms. The zero-order chi connectivity index (χ0) is 20.0. The van der Waals surface area contributed by atoms with Crippen molar-refractivity contribution < 1.29 is 34.0 Å². The zero-order valence-corrected chi connectivity index (χ0v) is 15.9. The summed E-state index contributed by atoms with van der Waals surface area (Å²) in [5.74, 6) is -0.000965. The lowest BCUT2D eigenvalue weighted by Crippen LogP contribution is -2.31. The molecule has 1 saturated heterocycles. The number of cyclic esters (lactones) is 1. The summed E-state index contributed by atoms with van der Waals surface area (Å²) in [6, 6.07) is 6.72. The molecule has 3 atom stereocenters. The van der Waals surface area contributed by atoms with E-state index in [9.17, 15) is 15.0 Å². The fraction of sp³-hybridized carbons (Fsp3) is 0.381. The van der Waals surface area contributed by atoms with Crippen molar-refractivity contribution in [2.24, 2.45) is 11.8 Å². The van der Waals surface area contributed by atoms with Crippen LogP contribution in [0.1, 0.15) is 22.6 Å². The number of carbonyl (C=O) groups excluding carboxylic acids is 1. The van der Waals surface area contributed by atoms with E-state index >= 15 is 0 Å². The first-order valence-electron chi connectivity index (χ1n) is 8.99. The predicted molar refractivity (Wildman–Crippen MR) is 99.4 cm³/mol. The number of fused-ring (bicyclic) bond motifs is 2. The molecule has 0 bridgehead atoms. The molecule has 1 fully saturated rings. The molecule has 4 rings (SSSR count). The number of phenols is 2. The van der Waals surface area contributed by atoms with E-state index in [0.717, 1.165) is 16.7 Å². The van der Waals surface area contributed by atoms with E-state index in [4.69, 9.17) is 18.9 Å². The van der Waals surface area contributed by atoms with Gasteiger partial charge in [-0.15, -0.1) is 0 Å². The molecule has 148 valence electrons. The molecule has 1 heterocycles. The van der Waals surface area contributed by atoms with Crippen LogP contribution in [0, 0.1) is 11.8 Å². The quantitative estimate of drug-likeness (QED) is 0.616. The number of carbonyl (C=O) groups is 1. The molecule has 2 unspecified atom stereocenters. The second kappa shape index (κ2) is 6.82. The SMILES string of the molecule is COc1cc(C2c3cc(O)c(O)cc3C[C@H]3COC(=O)C23)cc(OC)c1OC. The first-order chi connectivity index (χ1) is 13.5. The predicted octanol–water partition coefficient (Wildman–Crippen LogP) is 2.60. The van der Waals surface area contributed by atoms with E-state index < -0.39 is 0 Å². The van der Waals surface area contributed by atoms with Gasteiger partial charge in [0.05, 0.1) is 33.9 Å². The van der Waals surface area contributed by atoms with Crippen LogP contribution in [0.15, 0.2) is 24.3 Å². The van der Waals surface area contributed by atoms with Crippen LogP contribution >= 0.6 is 0 Å². The van der Waals surface area contributed by atoms with Gasteiger partial charge in [0.2, 0.25) is 5.75 Å². The van der Waals surface area contributed by atoms with Crippen molar-refractivity contribution in [3.63, 3.8) is 0 Å². The number of esters is 1. The number of hydrogen-bond donors (Lipinski definition) is 2. The standard InChI is InChI=1S/C21H22O7/c1-25-16-6-11(7-17(26-2)20(16)27-3)18-13-8-15(23)14(22)5-10(13)4-12-9-28-21(24)19(12)18/h5-8,12,18-19,22-23H,4,9H2,1-3H3/t12-,18?,19?/m0/s1. The van der Waals surface area contributed by atoms with Crippen LogP contribution in [0.2, 0.25) is 0 Å². The Labute approximate surface area is 162 Å². The Morgan fingerprint density at radius 2 is 1.61 bits per heavy atom. The van der Waals surface area contributed by atoms with Crippen LogP contribution in [0.4, 0.5) is 0 Å². The van der Waals surface area contributed by atoms with Crippen LogP contribution in [0.3, 0.4) is 0 Å². The molecule has 2 aromatic carbocycles. The first kappa shape index (κ1) is 18.3. The van der Waals surface area contributed by atoms with Gasteiger partial charge in [-0.1, -0.05) is 0 Å². The third-order valence-electron chi connectivity index (χ3n) is 5.68. The highest BCUT2D eigenvalue weighted by molar-refractivity contribution is 5.78. The van der Waals surface area contributed by atoms with Crippen molar-refractivity contribution in [2.45, 2.75) is 12.3 Å². The highest BCUT2D eigenvalue weighted by Gasteiger charge is 2.48. The van der Waals surface area contributed by atoms with Crippen LogP contribution in [-0.2, 0) is 16.0 Å². The highest BCUT2D eigenvalue weighted by Crippen LogP contribution is 2.51. The number of rotatable bonds is 4. The summed E-state index contributed by atoms with van der Waals surface area (Å²) in [7, 11) is 4.60. The topological polar surface area (TPSA) is 94.5 Å². The molecule has 28 heavy (non-hydrogen) atoms. The van der Waals surface area contributed by atoms with Crippen LogP contribution in [0.25, 0.3) is 0 Å². The molecule has 2 N–H and O–H groups in total. The summed E-state index contributed by atoms with van der Waals surface area (Å²) < 4.78 is 21.7. The van der Waals surface area contributed by atoms with Gasteiger partial charge in [0, 0.05) is 11.8 Å². The minimum absolute atomic E-state index is 0.00645. The number of aromatic hydroxyl groups is 2. The summed E-state index contributed by atoms with van der Waals surface area (Å²) in [6.45, 7) is 0.339. The van der Waals surface area contributed by atoms with Gasteiger partial charge < -0.3 is 29.2 Å². The van der Waals surface area contributed by atoms with E-state index in [1.54, 1.807) is 6.07 Å². The minimum atomic E-state index is -0.390. The van der Waals surface area contributed by atoms with Crippen molar-refractivity contribution in [1.29, 1.82) is 0 Å². The maximum atomic E-state index is 12.6. The number of phenolic OH excluding ortho intramolecular Hbond substituents is 2. The van der Waals surface area contributed by atoms with Crippen molar-refractivity contribution in [1.82, 2.24) is 0 Å². The van der Waals surface area contributed by atoms with E-state index in [2.05, 4.69) is 0 Å². The minimum Gasteiger partial charge on any atom is -0.504 e. The van der Waals surface area contributed by atoms with Crippen molar-refractivity contribution in [2.75, 3.05) is 27.9 Å². The van der Waals surface area contributed by atoms with E-state index in [0.29, 0.717) is 30.3 Å². The monoisotopic (exact) mass is 386 g/mol. The van der Waals surface area contributed by atoms with E-state index in [1.165, 1.54) is 27.4 Å². The Morgan fingerprint density at radius 3 is 2.21 bits per heavy atom. The van der Waals surface area contributed by atoms with Crippen molar-refractivity contribution in [3.8, 4) is 28.7 Å². The smallest absolute Gasteiger partial charge is 0.310 e. The Balaban J connectivity index is 1.94. The maximum Gasteiger partial charge on any atom is 0.310 e. The molecule has 7 nitrogen and oxygen atoms in total. The summed E-state index contributed by atoms with van der Waals surface area (Å²) in [6.07, 6.45) is 0.598. The van der Waals surface area contributed by atoms with Gasteiger partial charge in [-0.25, -0.2) is 0 Å². The molecule has 0 saturated carbocycles. The largest absolute Gasteiger partial charge is 0.504 e. The van der Waals surface area contributed by atoms with E-state index in [1.807, 2.05) is 12.1 Å². The van der Waals surface area contributed by atoms with Gasteiger partial charge in [-0.2, -0.15) is 0 Å². The van der Waals surface area contributed by atoms with Crippen molar-refractivity contribution in [3.05, 3.63) is 41.0 Å². The normalized spacial score (nSPS) is 22.8. The molecule has 1 aliphatic carbocycles. The van der Waals surface area contributed by atoms with Gasteiger partial charge in [0.15, 0.2) is 23.0 Å². The summed E-state index contributed by atoms with van der Waals surface area (Å²) in [4.78, 5) is 12.6. The lowest BCUT2D eigenvalue weighted by atomic mass is 9.67. The molecule has 7 heteroatoms. The first-order valence-corrected chi connectivity index (χ1v) is 8.99. The molecule has 1 aliphatic heterocycles. The fourth-order valence-electron chi connectivity index (χ4n) is 4.42.